The van der Waals surface area contributed by atoms with Crippen molar-refractivity contribution in [2.24, 2.45) is 16.3 Å². The Kier molecular flexibility index (Phi) is 5.80. The van der Waals surface area contributed by atoms with Crippen molar-refractivity contribution in [1.29, 1.82) is 0 Å². The lowest BCUT2D eigenvalue weighted by atomic mass is 9.52. The maximum absolute atomic E-state index is 14.1. The number of amidine groups is 1. The molecule has 10 heteroatoms. The van der Waals surface area contributed by atoms with E-state index < -0.39 is 11.7 Å². The number of rotatable bonds is 5. The zero-order valence-corrected chi connectivity index (χ0v) is 22.1. The van der Waals surface area contributed by atoms with E-state index in [-0.39, 0.29) is 22.8 Å². The molecule has 2 aliphatic carbocycles. The highest BCUT2D eigenvalue weighted by Crippen LogP contribution is 2.56. The maximum atomic E-state index is 14.1. The molecule has 4 aliphatic rings. The SMILES string of the molecule is [B]C1(C)CCCC(C)(C)C1n1cc(NC(=C)c2cnn3c2N=C(N2CC4CCC2C4)CC3)c(C(F)F)n1. The molecule has 4 atom stereocenters. The average Bonchev–Trinajstić information content (AvgIpc) is 3.60. The summed E-state index contributed by atoms with van der Waals surface area (Å²) < 4.78 is 31.8. The Morgan fingerprint density at radius 1 is 1.24 bits per heavy atom. The van der Waals surface area contributed by atoms with Gasteiger partial charge in [0.05, 0.1) is 37.9 Å². The summed E-state index contributed by atoms with van der Waals surface area (Å²) in [5.74, 6) is 2.62. The van der Waals surface area contributed by atoms with Crippen LogP contribution in [0.4, 0.5) is 20.3 Å². The van der Waals surface area contributed by atoms with E-state index in [1.807, 2.05) is 11.6 Å². The minimum atomic E-state index is -2.73. The number of aryl methyl sites for hydroxylation is 1. The van der Waals surface area contributed by atoms with E-state index in [4.69, 9.17) is 12.8 Å². The Bertz CT molecular complexity index is 1230. The van der Waals surface area contributed by atoms with Crippen LogP contribution < -0.4 is 5.32 Å². The predicted octanol–water partition coefficient (Wildman–Crippen LogP) is 6.12. The van der Waals surface area contributed by atoms with Gasteiger partial charge >= 0.3 is 0 Å². The Hall–Kier alpha value is -2.65. The first-order valence-electron chi connectivity index (χ1n) is 13.6. The summed E-state index contributed by atoms with van der Waals surface area (Å²) in [6, 6.07) is 0.390. The normalized spacial score (nSPS) is 30.5. The van der Waals surface area contributed by atoms with Gasteiger partial charge in [0, 0.05) is 30.9 Å². The molecule has 2 radical (unpaired) electrons. The zero-order chi connectivity index (χ0) is 26.1. The summed E-state index contributed by atoms with van der Waals surface area (Å²) in [5.41, 5.74) is 0.975. The fourth-order valence-electron chi connectivity index (χ4n) is 7.48. The summed E-state index contributed by atoms with van der Waals surface area (Å²) in [6.07, 6.45) is 8.13. The van der Waals surface area contributed by atoms with E-state index in [1.165, 1.54) is 19.3 Å². The molecule has 2 aromatic rings. The van der Waals surface area contributed by atoms with Gasteiger partial charge in [0.25, 0.3) is 6.43 Å². The summed E-state index contributed by atoms with van der Waals surface area (Å²) in [4.78, 5) is 7.47. The standard InChI is InChI=1S/C27H36BF2N7/c1-16(19-13-31-36-11-8-21(33-24(19)36)35-14-17-6-7-18(35)12-17)32-20-15-37(34-22(20)23(29)30)25-26(2,3)9-5-10-27(25,4)28/h13,15,17-18,23,25,32H,1,5-12,14H2,2-4H3. The molecule has 2 aromatic heterocycles. The molecule has 0 spiro atoms. The fourth-order valence-corrected chi connectivity index (χ4v) is 7.48. The number of nitrogens with zero attached hydrogens (tertiary/aromatic N) is 6. The van der Waals surface area contributed by atoms with Crippen LogP contribution in [-0.4, -0.2) is 50.7 Å². The molecule has 196 valence electrons. The van der Waals surface area contributed by atoms with Crippen LogP contribution in [0.5, 0.6) is 0 Å². The second-order valence-corrected chi connectivity index (χ2v) is 12.4. The van der Waals surface area contributed by atoms with E-state index in [2.05, 4.69) is 40.8 Å². The molecule has 4 unspecified atom stereocenters. The van der Waals surface area contributed by atoms with E-state index in [0.717, 1.165) is 61.9 Å². The molecule has 4 heterocycles. The molecule has 3 fully saturated rings. The molecular weight excluding hydrogens is 471 g/mol. The number of nitrogens with one attached hydrogen (secondary N) is 1. The largest absolute Gasteiger partial charge is 0.357 e. The van der Waals surface area contributed by atoms with Crippen LogP contribution in [-0.2, 0) is 6.54 Å². The number of likely N-dealkylation sites (tertiary alicyclic amines) is 1. The van der Waals surface area contributed by atoms with E-state index >= 15 is 0 Å². The quantitative estimate of drug-likeness (QED) is 0.496. The van der Waals surface area contributed by atoms with Crippen LogP contribution >= 0.6 is 0 Å². The minimum Gasteiger partial charge on any atom is -0.357 e. The lowest BCUT2D eigenvalue weighted by molar-refractivity contribution is 0.0890. The average molecular weight is 507 g/mol. The molecule has 6 rings (SSSR count). The van der Waals surface area contributed by atoms with Gasteiger partial charge in [0.1, 0.15) is 5.84 Å². The van der Waals surface area contributed by atoms with Gasteiger partial charge in [-0.05, 0) is 42.3 Å². The van der Waals surface area contributed by atoms with Crippen LogP contribution in [0.2, 0.25) is 5.31 Å². The highest BCUT2D eigenvalue weighted by atomic mass is 19.3. The van der Waals surface area contributed by atoms with E-state index in [1.54, 1.807) is 17.1 Å². The Balaban J connectivity index is 1.28. The first kappa shape index (κ1) is 24.7. The van der Waals surface area contributed by atoms with Crippen molar-refractivity contribution in [2.45, 2.75) is 96.1 Å². The predicted molar refractivity (Wildman–Crippen MR) is 142 cm³/mol. The number of aliphatic imine (C=N–C) groups is 1. The third kappa shape index (κ3) is 4.20. The fraction of sp³-hybridized carbons (Fsp3) is 0.667. The summed E-state index contributed by atoms with van der Waals surface area (Å²) in [7, 11) is 6.69. The molecule has 7 nitrogen and oxygen atoms in total. The zero-order valence-electron chi connectivity index (χ0n) is 22.1. The van der Waals surface area contributed by atoms with Crippen molar-refractivity contribution in [3.05, 3.63) is 30.2 Å². The number of hydrogen-bond acceptors (Lipinski definition) is 5. The van der Waals surface area contributed by atoms with Crippen molar-refractivity contribution in [3.8, 4) is 0 Å². The summed E-state index contributed by atoms with van der Waals surface area (Å²) in [6.45, 7) is 12.3. The molecule has 0 aromatic carbocycles. The monoisotopic (exact) mass is 507 g/mol. The number of aromatic nitrogens is 4. The number of hydrogen-bond donors (Lipinski definition) is 1. The highest BCUT2D eigenvalue weighted by Gasteiger charge is 2.45. The molecule has 0 amide bonds. The molecule has 1 saturated heterocycles. The Morgan fingerprint density at radius 3 is 2.73 bits per heavy atom. The van der Waals surface area contributed by atoms with E-state index in [9.17, 15) is 8.78 Å². The third-order valence-electron chi connectivity index (χ3n) is 9.08. The molecule has 1 N–H and O–H groups in total. The third-order valence-corrected chi connectivity index (χ3v) is 9.08. The van der Waals surface area contributed by atoms with Gasteiger partial charge in [-0.15, -0.1) is 0 Å². The van der Waals surface area contributed by atoms with Gasteiger partial charge in [-0.1, -0.05) is 40.2 Å². The first-order chi connectivity index (χ1) is 17.5. The van der Waals surface area contributed by atoms with Crippen molar-refractivity contribution >= 4 is 30.9 Å². The van der Waals surface area contributed by atoms with Gasteiger partial charge < -0.3 is 10.2 Å². The molecule has 2 saturated carbocycles. The topological polar surface area (TPSA) is 63.3 Å². The van der Waals surface area contributed by atoms with Crippen molar-refractivity contribution in [2.75, 3.05) is 11.9 Å². The smallest absolute Gasteiger partial charge is 0.284 e. The highest BCUT2D eigenvalue weighted by molar-refractivity contribution is 6.15. The Morgan fingerprint density at radius 2 is 2.05 bits per heavy atom. The molecule has 2 aliphatic heterocycles. The summed E-state index contributed by atoms with van der Waals surface area (Å²) >= 11 is 0. The van der Waals surface area contributed by atoms with Crippen molar-refractivity contribution in [1.82, 2.24) is 24.5 Å². The second-order valence-electron chi connectivity index (χ2n) is 12.4. The van der Waals surface area contributed by atoms with E-state index in [0.29, 0.717) is 11.7 Å². The lowest BCUT2D eigenvalue weighted by Crippen LogP contribution is -2.40. The minimum absolute atomic E-state index is 0.174. The van der Waals surface area contributed by atoms with Crippen LogP contribution in [0.25, 0.3) is 5.70 Å². The number of halogens is 2. The summed E-state index contributed by atoms with van der Waals surface area (Å²) in [5, 5.41) is 11.5. The first-order valence-corrected chi connectivity index (χ1v) is 13.6. The number of fused-ring (bicyclic) bond motifs is 3. The van der Waals surface area contributed by atoms with Gasteiger partial charge in [-0.3, -0.25) is 4.68 Å². The van der Waals surface area contributed by atoms with Crippen molar-refractivity contribution in [3.63, 3.8) is 0 Å². The van der Waals surface area contributed by atoms with Crippen LogP contribution in [0.15, 0.2) is 24.0 Å². The molecular formula is C27H36BF2N7. The van der Waals surface area contributed by atoms with Gasteiger partial charge in [0.15, 0.2) is 11.5 Å². The molecule has 37 heavy (non-hydrogen) atoms. The van der Waals surface area contributed by atoms with Crippen molar-refractivity contribution < 1.29 is 8.78 Å². The number of anilines is 1. The maximum Gasteiger partial charge on any atom is 0.284 e. The second kappa shape index (κ2) is 8.70. The number of alkyl halides is 2. The van der Waals surface area contributed by atoms with Gasteiger partial charge in [0.2, 0.25) is 0 Å². The lowest BCUT2D eigenvalue weighted by Gasteiger charge is -2.49. The van der Waals surface area contributed by atoms with Crippen LogP contribution in [0.3, 0.4) is 0 Å². The Labute approximate surface area is 218 Å². The van der Waals surface area contributed by atoms with Crippen LogP contribution in [0, 0.1) is 11.3 Å². The molecule has 2 bridgehead atoms. The van der Waals surface area contributed by atoms with Gasteiger partial charge in [-0.2, -0.15) is 10.2 Å². The van der Waals surface area contributed by atoms with Crippen LogP contribution in [0.1, 0.15) is 89.4 Å². The number of piperidine rings is 1. The van der Waals surface area contributed by atoms with Gasteiger partial charge in [-0.25, -0.2) is 18.5 Å².